The Morgan fingerprint density at radius 1 is 1.09 bits per heavy atom. The fraction of sp³-hybridized carbons (Fsp3) is 0.562. The van der Waals surface area contributed by atoms with E-state index < -0.39 is 55.7 Å². The Hall–Kier alpha value is -3.05. The molecule has 11 heteroatoms. The maximum Gasteiger partial charge on any atom is 0.410 e. The van der Waals surface area contributed by atoms with Gasteiger partial charge in [-0.1, -0.05) is 38.5 Å². The number of halogens is 2. The molecule has 0 aromatic heterocycles. The number of nitrogens with two attached hydrogens (primary N) is 1. The van der Waals surface area contributed by atoms with Gasteiger partial charge in [0.2, 0.25) is 0 Å². The molecular weight excluding hydrogens is 576 g/mol. The lowest BCUT2D eigenvalue weighted by Gasteiger charge is -2.39. The molecule has 2 aliphatic heterocycles. The SMILES string of the molecule is CCCCS(=O)(=O)CC1(C(=O)N2Cc3cc(CC)ccc3C3CC3(C(C)(N)Cc3cc(F)cc(F)c3)C2)CN1C(=O)OC. The number of carbonyl (C=O) groups is 2. The Morgan fingerprint density at radius 3 is 2.42 bits per heavy atom. The number of hydrogen-bond donors (Lipinski definition) is 1. The molecule has 234 valence electrons. The zero-order chi connectivity index (χ0) is 31.4. The van der Waals surface area contributed by atoms with Crippen LogP contribution in [-0.4, -0.2) is 73.0 Å². The van der Waals surface area contributed by atoms with E-state index in [2.05, 4.69) is 18.2 Å². The molecule has 4 unspecified atom stereocenters. The molecule has 2 fully saturated rings. The van der Waals surface area contributed by atoms with E-state index in [0.29, 0.717) is 24.8 Å². The number of methoxy groups -OCH3 is 1. The summed E-state index contributed by atoms with van der Waals surface area (Å²) in [6.45, 7) is 6.18. The summed E-state index contributed by atoms with van der Waals surface area (Å²) in [5.41, 5.74) is 7.43. The second-order valence-electron chi connectivity index (χ2n) is 12.9. The van der Waals surface area contributed by atoms with Crippen molar-refractivity contribution in [3.63, 3.8) is 0 Å². The molecule has 0 spiro atoms. The van der Waals surface area contributed by atoms with E-state index in [9.17, 15) is 26.8 Å². The number of unbranched alkanes of at least 4 members (excludes halogenated alkanes) is 1. The van der Waals surface area contributed by atoms with Gasteiger partial charge < -0.3 is 15.4 Å². The third-order valence-electron chi connectivity index (χ3n) is 9.71. The van der Waals surface area contributed by atoms with Gasteiger partial charge in [-0.2, -0.15) is 0 Å². The van der Waals surface area contributed by atoms with E-state index >= 15 is 0 Å². The molecule has 1 aliphatic carbocycles. The van der Waals surface area contributed by atoms with E-state index in [1.807, 2.05) is 20.8 Å². The highest BCUT2D eigenvalue weighted by molar-refractivity contribution is 7.91. The van der Waals surface area contributed by atoms with Gasteiger partial charge in [0.1, 0.15) is 11.6 Å². The van der Waals surface area contributed by atoms with Crippen LogP contribution in [0, 0.1) is 17.0 Å². The van der Waals surface area contributed by atoms with E-state index in [0.717, 1.165) is 29.2 Å². The highest BCUT2D eigenvalue weighted by atomic mass is 32.2. The van der Waals surface area contributed by atoms with Crippen molar-refractivity contribution in [3.05, 3.63) is 70.3 Å². The molecule has 5 rings (SSSR count). The van der Waals surface area contributed by atoms with Crippen LogP contribution in [-0.2, 0) is 38.8 Å². The Kier molecular flexibility index (Phi) is 8.13. The summed E-state index contributed by atoms with van der Waals surface area (Å²) in [5.74, 6) is -2.38. The van der Waals surface area contributed by atoms with Crippen LogP contribution in [0.2, 0.25) is 0 Å². The molecule has 8 nitrogen and oxygen atoms in total. The number of sulfone groups is 1. The largest absolute Gasteiger partial charge is 0.453 e. The van der Waals surface area contributed by atoms with Crippen LogP contribution in [0.3, 0.4) is 0 Å². The van der Waals surface area contributed by atoms with E-state index in [1.165, 1.54) is 24.1 Å². The number of rotatable bonds is 10. The van der Waals surface area contributed by atoms with Gasteiger partial charge in [0.15, 0.2) is 15.4 Å². The van der Waals surface area contributed by atoms with Crippen LogP contribution in [0.15, 0.2) is 36.4 Å². The van der Waals surface area contributed by atoms with Gasteiger partial charge in [0, 0.05) is 30.1 Å². The first kappa shape index (κ1) is 31.4. The van der Waals surface area contributed by atoms with Gasteiger partial charge in [-0.15, -0.1) is 0 Å². The van der Waals surface area contributed by atoms with Crippen molar-refractivity contribution in [2.45, 2.75) is 76.4 Å². The van der Waals surface area contributed by atoms with Crippen molar-refractivity contribution in [2.24, 2.45) is 11.1 Å². The monoisotopic (exact) mass is 617 g/mol. The number of benzene rings is 2. The first-order valence-electron chi connectivity index (χ1n) is 14.9. The van der Waals surface area contributed by atoms with Crippen molar-refractivity contribution in [1.29, 1.82) is 0 Å². The van der Waals surface area contributed by atoms with Crippen LogP contribution in [0.4, 0.5) is 13.6 Å². The van der Waals surface area contributed by atoms with Gasteiger partial charge >= 0.3 is 6.09 Å². The minimum Gasteiger partial charge on any atom is -0.453 e. The summed E-state index contributed by atoms with van der Waals surface area (Å²) < 4.78 is 59.4. The van der Waals surface area contributed by atoms with Gasteiger partial charge in [0.25, 0.3) is 5.91 Å². The molecule has 1 saturated heterocycles. The van der Waals surface area contributed by atoms with Gasteiger partial charge in [-0.25, -0.2) is 22.0 Å². The Balaban J connectivity index is 1.55. The molecule has 43 heavy (non-hydrogen) atoms. The van der Waals surface area contributed by atoms with E-state index in [1.54, 1.807) is 4.90 Å². The molecule has 2 aromatic carbocycles. The van der Waals surface area contributed by atoms with Gasteiger partial charge in [-0.3, -0.25) is 9.69 Å². The van der Waals surface area contributed by atoms with Gasteiger partial charge in [0.05, 0.1) is 25.2 Å². The third kappa shape index (κ3) is 5.78. The average molecular weight is 618 g/mol. The van der Waals surface area contributed by atoms with E-state index in [4.69, 9.17) is 10.5 Å². The smallest absolute Gasteiger partial charge is 0.410 e. The van der Waals surface area contributed by atoms with Crippen LogP contribution < -0.4 is 5.73 Å². The first-order chi connectivity index (χ1) is 20.2. The van der Waals surface area contributed by atoms with Crippen molar-refractivity contribution in [3.8, 4) is 0 Å². The van der Waals surface area contributed by atoms with Crippen LogP contribution in [0.25, 0.3) is 0 Å². The zero-order valence-electron chi connectivity index (χ0n) is 25.3. The summed E-state index contributed by atoms with van der Waals surface area (Å²) in [5, 5.41) is 0. The molecule has 2 heterocycles. The van der Waals surface area contributed by atoms with Crippen molar-refractivity contribution < 1.29 is 31.5 Å². The fourth-order valence-electron chi connectivity index (χ4n) is 7.15. The molecule has 4 atom stereocenters. The van der Waals surface area contributed by atoms with Crippen LogP contribution >= 0.6 is 0 Å². The Bertz CT molecular complexity index is 1530. The van der Waals surface area contributed by atoms with Crippen LogP contribution in [0.5, 0.6) is 0 Å². The lowest BCUT2D eigenvalue weighted by molar-refractivity contribution is -0.136. The van der Waals surface area contributed by atoms with Crippen LogP contribution in [0.1, 0.15) is 68.2 Å². The number of nitrogens with zero attached hydrogens (tertiary/aromatic N) is 2. The number of ether oxygens (including phenoxy) is 1. The minimum atomic E-state index is -3.67. The topological polar surface area (TPSA) is 110 Å². The quantitative estimate of drug-likeness (QED) is 0.398. The van der Waals surface area contributed by atoms with Crippen molar-refractivity contribution in [2.75, 3.05) is 31.7 Å². The number of amides is 2. The fourth-order valence-corrected chi connectivity index (χ4v) is 9.12. The number of hydrogen-bond acceptors (Lipinski definition) is 6. The number of carbonyl (C=O) groups excluding carboxylic acids is 2. The predicted molar refractivity (Wildman–Crippen MR) is 159 cm³/mol. The maximum atomic E-state index is 14.5. The lowest BCUT2D eigenvalue weighted by atomic mass is 9.75. The highest BCUT2D eigenvalue weighted by Crippen LogP contribution is 2.67. The molecule has 2 N–H and O–H groups in total. The van der Waals surface area contributed by atoms with Gasteiger partial charge in [-0.05, 0) is 72.9 Å². The summed E-state index contributed by atoms with van der Waals surface area (Å²) in [6.07, 6.45) is 2.01. The molecule has 2 aromatic rings. The Morgan fingerprint density at radius 2 is 1.79 bits per heavy atom. The second kappa shape index (κ2) is 11.1. The average Bonchev–Trinajstić information content (AvgIpc) is 3.84. The standard InChI is InChI=1S/C32H41F2N3O5S/c1-5-7-10-43(40,41)20-32(19-37(32)29(39)42-4)28(38)36-17-23-11-21(6-2)8-9-26(23)27-16-31(27,18-36)30(3,35)15-22-12-24(33)14-25(34)13-22/h8-9,11-14,27H,5-7,10,15-20,35H2,1-4H3. The number of fused-ring (bicyclic) bond motifs is 3. The zero-order valence-corrected chi connectivity index (χ0v) is 26.1. The maximum absolute atomic E-state index is 14.5. The van der Waals surface area contributed by atoms with E-state index in [-0.39, 0.29) is 37.7 Å². The molecule has 2 amide bonds. The molecule has 3 aliphatic rings. The third-order valence-corrected chi connectivity index (χ3v) is 11.5. The second-order valence-corrected chi connectivity index (χ2v) is 15.1. The highest BCUT2D eigenvalue weighted by Gasteiger charge is 2.69. The molecule has 0 radical (unpaired) electrons. The Labute approximate surface area is 252 Å². The predicted octanol–water partition coefficient (Wildman–Crippen LogP) is 4.34. The molecular formula is C32H41F2N3O5S. The summed E-state index contributed by atoms with van der Waals surface area (Å²) in [6, 6.07) is 9.59. The summed E-state index contributed by atoms with van der Waals surface area (Å²) >= 11 is 0. The number of aryl methyl sites for hydroxylation is 1. The lowest BCUT2D eigenvalue weighted by Crippen LogP contribution is -2.56. The summed E-state index contributed by atoms with van der Waals surface area (Å²) in [7, 11) is -2.46. The molecule has 1 saturated carbocycles. The minimum absolute atomic E-state index is 0.000220. The molecule has 0 bridgehead atoms. The normalized spacial score (nSPS) is 25.7. The van der Waals surface area contributed by atoms with Crippen molar-refractivity contribution >= 4 is 21.8 Å². The summed E-state index contributed by atoms with van der Waals surface area (Å²) in [4.78, 5) is 30.0. The van der Waals surface area contributed by atoms with Crippen molar-refractivity contribution in [1.82, 2.24) is 9.80 Å². The first-order valence-corrected chi connectivity index (χ1v) is 16.7.